The molecule has 0 saturated carbocycles. The first kappa shape index (κ1) is 44.9. The number of nitrogens with one attached hydrogen (secondary N) is 6. The molecule has 0 bridgehead atoms. The van der Waals surface area contributed by atoms with Gasteiger partial charge in [0.25, 0.3) is 0 Å². The van der Waals surface area contributed by atoms with E-state index in [1.807, 2.05) is 44.2 Å². The number of nitrogens with two attached hydrogens (primary N) is 4. The number of primary amides is 1. The Labute approximate surface area is 316 Å². The summed E-state index contributed by atoms with van der Waals surface area (Å²) in [7, 11) is 0. The number of guanidine groups is 1. The summed E-state index contributed by atoms with van der Waals surface area (Å²) in [6.07, 6.45) is 2.20. The maximum Gasteiger partial charge on any atom is 0.243 e. The fourth-order valence-electron chi connectivity index (χ4n) is 5.77. The predicted octanol–water partition coefficient (Wildman–Crippen LogP) is -1.94. The Bertz CT molecular complexity index is 1440. The van der Waals surface area contributed by atoms with Gasteiger partial charge >= 0.3 is 0 Å². The van der Waals surface area contributed by atoms with Crippen LogP contribution in [-0.2, 0) is 40.0 Å². The first-order chi connectivity index (χ1) is 25.7. The molecule has 1 fully saturated rings. The number of carbonyl (C=O) groups is 7. The number of rotatable bonds is 16. The molecule has 0 spiro atoms. The summed E-state index contributed by atoms with van der Waals surface area (Å²) in [5.74, 6) is -4.77. The second-order valence-electron chi connectivity index (χ2n) is 13.8. The van der Waals surface area contributed by atoms with Gasteiger partial charge in [0.1, 0.15) is 30.2 Å². The molecule has 7 amide bonds. The molecule has 5 atom stereocenters. The fourth-order valence-corrected chi connectivity index (χ4v) is 5.77. The van der Waals surface area contributed by atoms with Crippen molar-refractivity contribution in [2.75, 3.05) is 19.6 Å². The fraction of sp³-hybridized carbons (Fsp3) is 0.611. The van der Waals surface area contributed by atoms with Crippen LogP contribution in [0.5, 0.6) is 0 Å². The standard InChI is InChI=1S/C36H59N11O7/c1-22(2)20-28-35(54)45-25(13-9-19-42-36(39)40)32(51)46-27(31(38)50)21-30(49)41-18-7-6-12-24(33(52)47-28)44-34(53)26(43-29(48)14-8-17-37)16-15-23-10-4-3-5-11-23/h3-5,10-11,22,24-28H,6-9,12-21,37H2,1-2H3,(H2,38,50)(H,41,49)(H,43,48)(H,44,53)(H,45,54)(H,46,51)(H,47,52)(H4,39,40,42)/t24-,25-,26+,27-,28-/m0/s1. The van der Waals surface area contributed by atoms with Crippen LogP contribution in [0.15, 0.2) is 35.3 Å². The molecule has 18 heteroatoms. The zero-order valence-corrected chi connectivity index (χ0v) is 31.4. The Morgan fingerprint density at radius 2 is 1.59 bits per heavy atom. The summed E-state index contributed by atoms with van der Waals surface area (Å²) in [6.45, 7) is 4.31. The molecule has 1 aliphatic rings. The highest BCUT2D eigenvalue weighted by atomic mass is 16.2. The lowest BCUT2D eigenvalue weighted by Crippen LogP contribution is -2.59. The quantitative estimate of drug-likeness (QED) is 0.0505. The minimum atomic E-state index is -1.36. The van der Waals surface area contributed by atoms with Crippen LogP contribution in [0.2, 0.25) is 0 Å². The molecule has 0 aliphatic carbocycles. The Morgan fingerprint density at radius 3 is 2.24 bits per heavy atom. The monoisotopic (exact) mass is 757 g/mol. The highest BCUT2D eigenvalue weighted by Crippen LogP contribution is 2.12. The number of benzene rings is 1. The van der Waals surface area contributed by atoms with Crippen LogP contribution in [0.3, 0.4) is 0 Å². The van der Waals surface area contributed by atoms with E-state index in [9.17, 15) is 33.6 Å². The summed E-state index contributed by atoms with van der Waals surface area (Å²) in [4.78, 5) is 96.6. The van der Waals surface area contributed by atoms with E-state index in [2.05, 4.69) is 36.9 Å². The minimum Gasteiger partial charge on any atom is -0.370 e. The molecule has 14 N–H and O–H groups in total. The molecule has 1 saturated heterocycles. The van der Waals surface area contributed by atoms with Gasteiger partial charge in [-0.15, -0.1) is 0 Å². The van der Waals surface area contributed by atoms with E-state index in [-0.39, 0.29) is 69.4 Å². The lowest BCUT2D eigenvalue weighted by molar-refractivity contribution is -0.135. The molecule has 0 radical (unpaired) electrons. The van der Waals surface area contributed by atoms with Gasteiger partial charge in [-0.2, -0.15) is 0 Å². The Hall–Kier alpha value is -5.26. The third-order valence-corrected chi connectivity index (χ3v) is 8.67. The van der Waals surface area contributed by atoms with Crippen LogP contribution >= 0.6 is 0 Å². The van der Waals surface area contributed by atoms with Gasteiger partial charge in [-0.3, -0.25) is 38.6 Å². The van der Waals surface area contributed by atoms with E-state index in [0.29, 0.717) is 32.2 Å². The largest absolute Gasteiger partial charge is 0.370 e. The third-order valence-electron chi connectivity index (χ3n) is 8.67. The number of aliphatic imine (C=N–C) groups is 1. The smallest absolute Gasteiger partial charge is 0.243 e. The summed E-state index contributed by atoms with van der Waals surface area (Å²) in [5.41, 5.74) is 22.9. The second-order valence-corrected chi connectivity index (χ2v) is 13.8. The molecule has 0 aromatic heterocycles. The minimum absolute atomic E-state index is 0.0361. The van der Waals surface area contributed by atoms with Crippen LogP contribution in [0.4, 0.5) is 0 Å². The van der Waals surface area contributed by atoms with Crippen LogP contribution < -0.4 is 54.8 Å². The number of amides is 7. The normalized spacial score (nSPS) is 21.0. The number of carbonyl (C=O) groups excluding carboxylic acids is 7. The van der Waals surface area contributed by atoms with Gasteiger partial charge in [-0.1, -0.05) is 44.2 Å². The van der Waals surface area contributed by atoms with Crippen molar-refractivity contribution in [1.82, 2.24) is 31.9 Å². The molecule has 300 valence electrons. The van der Waals surface area contributed by atoms with Crippen LogP contribution in [0.25, 0.3) is 0 Å². The van der Waals surface area contributed by atoms with Crippen molar-refractivity contribution < 1.29 is 33.6 Å². The van der Waals surface area contributed by atoms with Crippen LogP contribution in [0.1, 0.15) is 83.6 Å². The molecular formula is C36H59N11O7. The van der Waals surface area contributed by atoms with Gasteiger partial charge in [0.15, 0.2) is 5.96 Å². The highest BCUT2D eigenvalue weighted by molar-refractivity contribution is 5.97. The summed E-state index contributed by atoms with van der Waals surface area (Å²) in [5, 5.41) is 16.2. The van der Waals surface area contributed by atoms with E-state index >= 15 is 0 Å². The van der Waals surface area contributed by atoms with Crippen molar-refractivity contribution in [3.63, 3.8) is 0 Å². The Kier molecular flexibility index (Phi) is 20.1. The zero-order chi connectivity index (χ0) is 40.0. The van der Waals surface area contributed by atoms with Gasteiger partial charge in [0, 0.05) is 19.5 Å². The molecule has 0 unspecified atom stereocenters. The Morgan fingerprint density at radius 1 is 0.907 bits per heavy atom. The Balaban J connectivity index is 2.41. The van der Waals surface area contributed by atoms with Crippen LogP contribution in [-0.4, -0.2) is 97.2 Å². The van der Waals surface area contributed by atoms with E-state index in [4.69, 9.17) is 22.9 Å². The average molecular weight is 758 g/mol. The molecule has 1 aromatic carbocycles. The van der Waals surface area contributed by atoms with E-state index < -0.39 is 72.1 Å². The zero-order valence-electron chi connectivity index (χ0n) is 31.4. The maximum atomic E-state index is 13.9. The first-order valence-electron chi connectivity index (χ1n) is 18.6. The third kappa shape index (κ3) is 17.5. The van der Waals surface area contributed by atoms with Gasteiger partial charge < -0.3 is 54.8 Å². The van der Waals surface area contributed by atoms with Gasteiger partial charge in [-0.25, -0.2) is 0 Å². The summed E-state index contributed by atoms with van der Waals surface area (Å²) >= 11 is 0. The van der Waals surface area contributed by atoms with E-state index in [1.165, 1.54) is 0 Å². The summed E-state index contributed by atoms with van der Waals surface area (Å²) < 4.78 is 0. The lowest BCUT2D eigenvalue weighted by Gasteiger charge is -2.27. The molecule has 2 rings (SSSR count). The number of nitrogens with zero attached hydrogens (tertiary/aromatic N) is 1. The predicted molar refractivity (Wildman–Crippen MR) is 203 cm³/mol. The molecule has 1 aliphatic heterocycles. The average Bonchev–Trinajstić information content (AvgIpc) is 3.11. The molecule has 1 aromatic rings. The van der Waals surface area contributed by atoms with Gasteiger partial charge in [-0.05, 0) is 75.8 Å². The molecular weight excluding hydrogens is 698 g/mol. The topological polar surface area (TPSA) is 308 Å². The van der Waals surface area contributed by atoms with Crippen molar-refractivity contribution in [1.29, 1.82) is 0 Å². The maximum absolute atomic E-state index is 13.9. The number of aryl methyl sites for hydroxylation is 1. The van der Waals surface area contributed by atoms with Crippen LogP contribution in [0, 0.1) is 5.92 Å². The van der Waals surface area contributed by atoms with Gasteiger partial charge in [0.2, 0.25) is 41.4 Å². The van der Waals surface area contributed by atoms with Crippen molar-refractivity contribution in [2.24, 2.45) is 33.8 Å². The second kappa shape index (κ2) is 24.1. The van der Waals surface area contributed by atoms with E-state index in [0.717, 1.165) is 5.56 Å². The van der Waals surface area contributed by atoms with Crippen molar-refractivity contribution in [3.05, 3.63) is 35.9 Å². The summed E-state index contributed by atoms with van der Waals surface area (Å²) in [6, 6.07) is 3.64. The van der Waals surface area contributed by atoms with Crippen molar-refractivity contribution >= 4 is 47.3 Å². The lowest BCUT2D eigenvalue weighted by atomic mass is 10.00. The molecule has 18 nitrogen and oxygen atoms in total. The SMILES string of the molecule is CC(C)C[C@@H]1NC(=O)[C@@H](NC(=O)[C@@H](CCc2ccccc2)NC(=O)CCCN)CCCCNC(=O)C[C@@H](C(N)=O)NC(=O)[C@H](CCCN=C(N)N)NC1=O. The molecule has 1 heterocycles. The van der Waals surface area contributed by atoms with E-state index in [1.54, 1.807) is 0 Å². The van der Waals surface area contributed by atoms with Crippen molar-refractivity contribution in [3.8, 4) is 0 Å². The number of hydrogen-bond acceptors (Lipinski definition) is 9. The molecule has 54 heavy (non-hydrogen) atoms. The highest BCUT2D eigenvalue weighted by Gasteiger charge is 2.33. The first-order valence-corrected chi connectivity index (χ1v) is 18.6. The number of hydrogen-bond donors (Lipinski definition) is 10. The van der Waals surface area contributed by atoms with Gasteiger partial charge in [0.05, 0.1) is 6.42 Å². The van der Waals surface area contributed by atoms with Crippen molar-refractivity contribution in [2.45, 2.75) is 115 Å².